The molecule has 0 rings (SSSR count). The largest absolute Gasteiger partial charge is 0.385 e. The lowest BCUT2D eigenvalue weighted by molar-refractivity contribution is -0.115. The predicted molar refractivity (Wildman–Crippen MR) is 45.6 cm³/mol. The van der Waals surface area contributed by atoms with Gasteiger partial charge < -0.3 is 9.53 Å². The third kappa shape index (κ3) is 6.05. The number of carbonyl (C=O) groups is 1. The first-order valence-corrected chi connectivity index (χ1v) is 4.07. The zero-order valence-electron chi connectivity index (χ0n) is 7.72. The van der Waals surface area contributed by atoms with E-state index in [2.05, 4.69) is 0 Å². The standard InChI is InChI=1S/C9H18O2/c1-9(2,8-10)6-4-5-7-11-3/h8H,4-7H2,1-3H3. The highest BCUT2D eigenvalue weighted by molar-refractivity contribution is 5.57. The van der Waals surface area contributed by atoms with Gasteiger partial charge in [-0.25, -0.2) is 0 Å². The fourth-order valence-electron chi connectivity index (χ4n) is 0.886. The van der Waals surface area contributed by atoms with Gasteiger partial charge in [0.05, 0.1) is 0 Å². The Labute approximate surface area is 68.9 Å². The van der Waals surface area contributed by atoms with Crippen LogP contribution in [-0.4, -0.2) is 20.0 Å². The van der Waals surface area contributed by atoms with Crippen LogP contribution >= 0.6 is 0 Å². The SMILES string of the molecule is COCCCCC(C)(C)C=O. The number of aldehydes is 1. The van der Waals surface area contributed by atoms with Gasteiger partial charge in [0.15, 0.2) is 0 Å². The van der Waals surface area contributed by atoms with Gasteiger partial charge in [-0.2, -0.15) is 0 Å². The van der Waals surface area contributed by atoms with Gasteiger partial charge in [-0.3, -0.25) is 0 Å². The van der Waals surface area contributed by atoms with Crippen LogP contribution in [0, 0.1) is 5.41 Å². The summed E-state index contributed by atoms with van der Waals surface area (Å²) in [7, 11) is 1.70. The normalized spacial score (nSPS) is 11.5. The monoisotopic (exact) mass is 158 g/mol. The average molecular weight is 158 g/mol. The van der Waals surface area contributed by atoms with Crippen molar-refractivity contribution in [1.29, 1.82) is 0 Å². The van der Waals surface area contributed by atoms with Crippen LogP contribution in [0.4, 0.5) is 0 Å². The summed E-state index contributed by atoms with van der Waals surface area (Å²) in [6.45, 7) is 4.73. The van der Waals surface area contributed by atoms with Crippen molar-refractivity contribution in [2.24, 2.45) is 5.41 Å². The molecule has 66 valence electrons. The molecular weight excluding hydrogens is 140 g/mol. The Morgan fingerprint density at radius 1 is 1.36 bits per heavy atom. The first-order valence-electron chi connectivity index (χ1n) is 4.07. The molecule has 0 aliphatic rings. The maximum Gasteiger partial charge on any atom is 0.125 e. The smallest absolute Gasteiger partial charge is 0.125 e. The number of ether oxygens (including phenoxy) is 1. The van der Waals surface area contributed by atoms with Crippen LogP contribution in [0.5, 0.6) is 0 Å². The van der Waals surface area contributed by atoms with Crippen molar-refractivity contribution in [1.82, 2.24) is 0 Å². The predicted octanol–water partition coefficient (Wildman–Crippen LogP) is 2.03. The molecule has 0 aromatic heterocycles. The molecule has 0 aromatic rings. The van der Waals surface area contributed by atoms with Gasteiger partial charge in [-0.1, -0.05) is 20.3 Å². The molecule has 0 amide bonds. The van der Waals surface area contributed by atoms with Crippen LogP contribution < -0.4 is 0 Å². The molecule has 0 bridgehead atoms. The molecule has 0 atom stereocenters. The van der Waals surface area contributed by atoms with Gasteiger partial charge in [0.2, 0.25) is 0 Å². The number of unbranched alkanes of at least 4 members (excludes halogenated alkanes) is 1. The van der Waals surface area contributed by atoms with Gasteiger partial charge in [0.1, 0.15) is 6.29 Å². The Balaban J connectivity index is 3.30. The summed E-state index contributed by atoms with van der Waals surface area (Å²) in [5.41, 5.74) is -0.145. The van der Waals surface area contributed by atoms with Crippen molar-refractivity contribution < 1.29 is 9.53 Å². The lowest BCUT2D eigenvalue weighted by Gasteiger charge is -2.15. The number of carbonyl (C=O) groups excluding carboxylic acids is 1. The summed E-state index contributed by atoms with van der Waals surface area (Å²) in [6, 6.07) is 0. The van der Waals surface area contributed by atoms with Crippen molar-refractivity contribution >= 4 is 6.29 Å². The summed E-state index contributed by atoms with van der Waals surface area (Å²) >= 11 is 0. The molecule has 2 heteroatoms. The van der Waals surface area contributed by atoms with Crippen LogP contribution in [0.3, 0.4) is 0 Å². The summed E-state index contributed by atoms with van der Waals surface area (Å²) in [4.78, 5) is 10.5. The highest BCUT2D eigenvalue weighted by atomic mass is 16.5. The highest BCUT2D eigenvalue weighted by Gasteiger charge is 2.14. The van der Waals surface area contributed by atoms with E-state index in [0.29, 0.717) is 0 Å². The number of methoxy groups -OCH3 is 1. The second-order valence-corrected chi connectivity index (χ2v) is 3.56. The van der Waals surface area contributed by atoms with Crippen molar-refractivity contribution in [2.45, 2.75) is 33.1 Å². The van der Waals surface area contributed by atoms with Crippen LogP contribution in [0.25, 0.3) is 0 Å². The molecule has 0 aliphatic heterocycles. The fraction of sp³-hybridized carbons (Fsp3) is 0.889. The maximum atomic E-state index is 10.5. The molecule has 0 heterocycles. The second kappa shape index (κ2) is 5.30. The third-order valence-corrected chi connectivity index (χ3v) is 1.74. The number of hydrogen-bond acceptors (Lipinski definition) is 2. The van der Waals surface area contributed by atoms with Crippen molar-refractivity contribution in [3.63, 3.8) is 0 Å². The summed E-state index contributed by atoms with van der Waals surface area (Å²) < 4.78 is 4.90. The van der Waals surface area contributed by atoms with E-state index in [4.69, 9.17) is 4.74 Å². The maximum absolute atomic E-state index is 10.5. The van der Waals surface area contributed by atoms with Crippen LogP contribution in [0.2, 0.25) is 0 Å². The van der Waals surface area contributed by atoms with Gasteiger partial charge in [-0.15, -0.1) is 0 Å². The summed E-state index contributed by atoms with van der Waals surface area (Å²) in [6.07, 6.45) is 4.10. The minimum atomic E-state index is -0.145. The summed E-state index contributed by atoms with van der Waals surface area (Å²) in [5, 5.41) is 0. The topological polar surface area (TPSA) is 26.3 Å². The van der Waals surface area contributed by atoms with Gasteiger partial charge >= 0.3 is 0 Å². The van der Waals surface area contributed by atoms with E-state index >= 15 is 0 Å². The first kappa shape index (κ1) is 10.6. The summed E-state index contributed by atoms with van der Waals surface area (Å²) in [5.74, 6) is 0. The molecular formula is C9H18O2. The second-order valence-electron chi connectivity index (χ2n) is 3.56. The fourth-order valence-corrected chi connectivity index (χ4v) is 0.886. The number of rotatable bonds is 6. The Morgan fingerprint density at radius 3 is 2.45 bits per heavy atom. The van der Waals surface area contributed by atoms with E-state index in [1.807, 2.05) is 13.8 Å². The quantitative estimate of drug-likeness (QED) is 0.436. The van der Waals surface area contributed by atoms with E-state index in [1.165, 1.54) is 0 Å². The molecule has 0 aromatic carbocycles. The Morgan fingerprint density at radius 2 is 2.00 bits per heavy atom. The van der Waals surface area contributed by atoms with Crippen molar-refractivity contribution in [2.75, 3.05) is 13.7 Å². The Bertz CT molecular complexity index is 108. The highest BCUT2D eigenvalue weighted by Crippen LogP contribution is 2.19. The molecule has 0 radical (unpaired) electrons. The van der Waals surface area contributed by atoms with Gasteiger partial charge in [-0.05, 0) is 12.8 Å². The van der Waals surface area contributed by atoms with E-state index in [9.17, 15) is 4.79 Å². The van der Waals surface area contributed by atoms with Crippen molar-refractivity contribution in [3.05, 3.63) is 0 Å². The molecule has 0 N–H and O–H groups in total. The Kier molecular flexibility index (Phi) is 5.12. The molecule has 0 saturated heterocycles. The van der Waals surface area contributed by atoms with Crippen LogP contribution in [0.15, 0.2) is 0 Å². The molecule has 0 fully saturated rings. The minimum Gasteiger partial charge on any atom is -0.385 e. The third-order valence-electron chi connectivity index (χ3n) is 1.74. The lowest BCUT2D eigenvalue weighted by atomic mass is 9.89. The number of hydrogen-bond donors (Lipinski definition) is 0. The Hall–Kier alpha value is -0.370. The van der Waals surface area contributed by atoms with Gasteiger partial charge in [0.25, 0.3) is 0 Å². The van der Waals surface area contributed by atoms with E-state index in [-0.39, 0.29) is 5.41 Å². The lowest BCUT2D eigenvalue weighted by Crippen LogP contribution is -2.12. The molecule has 2 nitrogen and oxygen atoms in total. The molecule has 0 saturated carbocycles. The average Bonchev–Trinajstić information content (AvgIpc) is 1.99. The van der Waals surface area contributed by atoms with Crippen LogP contribution in [-0.2, 0) is 9.53 Å². The van der Waals surface area contributed by atoms with E-state index in [0.717, 1.165) is 32.2 Å². The molecule has 0 spiro atoms. The van der Waals surface area contributed by atoms with Gasteiger partial charge in [0, 0.05) is 19.1 Å². The zero-order valence-corrected chi connectivity index (χ0v) is 7.72. The molecule has 0 unspecified atom stereocenters. The van der Waals surface area contributed by atoms with E-state index in [1.54, 1.807) is 7.11 Å². The van der Waals surface area contributed by atoms with Crippen LogP contribution in [0.1, 0.15) is 33.1 Å². The van der Waals surface area contributed by atoms with Crippen molar-refractivity contribution in [3.8, 4) is 0 Å². The first-order chi connectivity index (χ1) is 5.12. The van der Waals surface area contributed by atoms with E-state index < -0.39 is 0 Å². The minimum absolute atomic E-state index is 0.145. The molecule has 11 heavy (non-hydrogen) atoms. The molecule has 0 aliphatic carbocycles. The zero-order chi connectivity index (χ0) is 8.74.